The lowest BCUT2D eigenvalue weighted by atomic mass is 9.97. The van der Waals surface area contributed by atoms with Crippen molar-refractivity contribution in [2.45, 2.75) is 39.0 Å². The Labute approximate surface area is 105 Å². The molecule has 1 atom stereocenters. The summed E-state index contributed by atoms with van der Waals surface area (Å²) < 4.78 is 0. The molecule has 0 amide bonds. The Kier molecular flexibility index (Phi) is 4.42. The average Bonchev–Trinajstić information content (AvgIpc) is 3.10. The second-order valence-electron chi connectivity index (χ2n) is 5.88. The third-order valence-corrected chi connectivity index (χ3v) is 4.33. The molecule has 3 heteroatoms. The lowest BCUT2D eigenvalue weighted by molar-refractivity contribution is 0.182. The molecule has 0 spiro atoms. The van der Waals surface area contributed by atoms with Gasteiger partial charge in [-0.2, -0.15) is 5.26 Å². The third-order valence-electron chi connectivity index (χ3n) is 4.33. The van der Waals surface area contributed by atoms with Crippen molar-refractivity contribution in [1.82, 2.24) is 10.2 Å². The molecule has 1 saturated carbocycles. The zero-order valence-corrected chi connectivity index (χ0v) is 11.0. The van der Waals surface area contributed by atoms with Gasteiger partial charge in [0.1, 0.15) is 0 Å². The molecule has 1 heterocycles. The maximum atomic E-state index is 8.87. The van der Waals surface area contributed by atoms with Gasteiger partial charge in [0.05, 0.1) is 6.07 Å². The second-order valence-corrected chi connectivity index (χ2v) is 5.88. The lowest BCUT2D eigenvalue weighted by Gasteiger charge is -2.31. The predicted octanol–water partition coefficient (Wildman–Crippen LogP) is 2.00. The van der Waals surface area contributed by atoms with Gasteiger partial charge in [0.2, 0.25) is 0 Å². The molecule has 1 saturated heterocycles. The van der Waals surface area contributed by atoms with E-state index in [1.807, 2.05) is 0 Å². The summed E-state index contributed by atoms with van der Waals surface area (Å²) in [6, 6.07) is 2.36. The smallest absolute Gasteiger partial charge is 0.0628 e. The largest absolute Gasteiger partial charge is 0.316 e. The van der Waals surface area contributed by atoms with Crippen LogP contribution in [0.4, 0.5) is 0 Å². The van der Waals surface area contributed by atoms with Gasteiger partial charge >= 0.3 is 0 Å². The minimum Gasteiger partial charge on any atom is -0.316 e. The van der Waals surface area contributed by atoms with Crippen LogP contribution in [0.15, 0.2) is 0 Å². The van der Waals surface area contributed by atoms with E-state index in [1.54, 1.807) is 0 Å². The second kappa shape index (κ2) is 5.84. The van der Waals surface area contributed by atoms with Crippen LogP contribution in [0.3, 0.4) is 0 Å². The summed E-state index contributed by atoms with van der Waals surface area (Å²) in [7, 11) is 0. The number of hydrogen-bond acceptors (Lipinski definition) is 3. The Hall–Kier alpha value is -0.590. The van der Waals surface area contributed by atoms with Crippen LogP contribution in [0.1, 0.15) is 39.0 Å². The molecule has 2 rings (SSSR count). The van der Waals surface area contributed by atoms with Crippen molar-refractivity contribution in [3.05, 3.63) is 0 Å². The number of nitrogens with zero attached hydrogens (tertiary/aromatic N) is 2. The summed E-state index contributed by atoms with van der Waals surface area (Å²) >= 11 is 0. The Morgan fingerprint density at radius 1 is 1.47 bits per heavy atom. The lowest BCUT2D eigenvalue weighted by Crippen LogP contribution is -2.40. The summed E-state index contributed by atoms with van der Waals surface area (Å²) in [6.45, 7) is 8.12. The summed E-state index contributed by atoms with van der Waals surface area (Å²) in [5.41, 5.74) is 0.368. The van der Waals surface area contributed by atoms with Gasteiger partial charge in [-0.1, -0.05) is 6.92 Å². The molecule has 2 aliphatic rings. The zero-order chi connectivity index (χ0) is 12.1. The third kappa shape index (κ3) is 3.69. The van der Waals surface area contributed by atoms with Crippen molar-refractivity contribution in [1.29, 1.82) is 5.26 Å². The van der Waals surface area contributed by atoms with Gasteiger partial charge in [0.25, 0.3) is 0 Å². The van der Waals surface area contributed by atoms with Crippen LogP contribution < -0.4 is 5.32 Å². The van der Waals surface area contributed by atoms with Crippen LogP contribution >= 0.6 is 0 Å². The van der Waals surface area contributed by atoms with Gasteiger partial charge < -0.3 is 10.2 Å². The van der Waals surface area contributed by atoms with Crippen LogP contribution in [0, 0.1) is 22.7 Å². The topological polar surface area (TPSA) is 39.1 Å². The van der Waals surface area contributed by atoms with E-state index in [4.69, 9.17) is 5.26 Å². The normalized spacial score (nSPS) is 26.8. The summed E-state index contributed by atoms with van der Waals surface area (Å²) in [6.07, 6.45) is 5.98. The highest BCUT2D eigenvalue weighted by atomic mass is 15.1. The van der Waals surface area contributed by atoms with Crippen molar-refractivity contribution in [3.63, 3.8) is 0 Å². The van der Waals surface area contributed by atoms with E-state index in [1.165, 1.54) is 45.3 Å². The molecule has 1 N–H and O–H groups in total. The highest BCUT2D eigenvalue weighted by Gasteiger charge is 2.43. The first-order valence-electron chi connectivity index (χ1n) is 7.08. The quantitative estimate of drug-likeness (QED) is 0.765. The van der Waals surface area contributed by atoms with E-state index in [0.717, 1.165) is 25.4 Å². The molecule has 0 radical (unpaired) electrons. The molecule has 96 valence electrons. The SMILES string of the molecule is CCN(CC1CCCNC1)CC1(CC#N)CC1. The standard InChI is InChI=1S/C14H25N3/c1-2-17(11-13-4-3-9-16-10-13)12-14(5-6-14)7-8-15/h13,16H,2-7,9-12H2,1H3. The maximum Gasteiger partial charge on any atom is 0.0628 e. The summed E-state index contributed by atoms with van der Waals surface area (Å²) in [4.78, 5) is 2.57. The Morgan fingerprint density at radius 3 is 2.82 bits per heavy atom. The maximum absolute atomic E-state index is 8.87. The molecule has 1 aliphatic carbocycles. The van der Waals surface area contributed by atoms with Gasteiger partial charge in [-0.05, 0) is 56.7 Å². The fraction of sp³-hybridized carbons (Fsp3) is 0.929. The van der Waals surface area contributed by atoms with Crippen LogP contribution in [-0.4, -0.2) is 37.6 Å². The van der Waals surface area contributed by atoms with Gasteiger partial charge in [0, 0.05) is 19.5 Å². The Balaban J connectivity index is 1.78. The number of nitriles is 1. The summed E-state index contributed by atoms with van der Waals surface area (Å²) in [5, 5.41) is 12.4. The van der Waals surface area contributed by atoms with Gasteiger partial charge in [-0.25, -0.2) is 0 Å². The Bertz CT molecular complexity index is 272. The summed E-state index contributed by atoms with van der Waals surface area (Å²) in [5.74, 6) is 0.821. The molecule has 0 aromatic heterocycles. The Morgan fingerprint density at radius 2 is 2.29 bits per heavy atom. The van der Waals surface area contributed by atoms with E-state index in [0.29, 0.717) is 5.41 Å². The van der Waals surface area contributed by atoms with Crippen molar-refractivity contribution in [2.24, 2.45) is 11.3 Å². The van der Waals surface area contributed by atoms with Gasteiger partial charge in [-0.15, -0.1) is 0 Å². The van der Waals surface area contributed by atoms with Crippen LogP contribution in [0.2, 0.25) is 0 Å². The molecular weight excluding hydrogens is 210 g/mol. The number of piperidine rings is 1. The molecular formula is C14H25N3. The first-order chi connectivity index (χ1) is 8.28. The van der Waals surface area contributed by atoms with E-state index >= 15 is 0 Å². The first-order valence-corrected chi connectivity index (χ1v) is 7.08. The molecule has 0 aromatic carbocycles. The fourth-order valence-corrected chi connectivity index (χ4v) is 2.96. The van der Waals surface area contributed by atoms with E-state index in [-0.39, 0.29) is 0 Å². The number of hydrogen-bond donors (Lipinski definition) is 1. The molecule has 3 nitrogen and oxygen atoms in total. The zero-order valence-electron chi connectivity index (χ0n) is 11.0. The average molecular weight is 235 g/mol. The number of nitrogens with one attached hydrogen (secondary N) is 1. The fourth-order valence-electron chi connectivity index (χ4n) is 2.96. The first kappa shape index (κ1) is 12.9. The molecule has 2 fully saturated rings. The van der Waals surface area contributed by atoms with Gasteiger partial charge in [0.15, 0.2) is 0 Å². The predicted molar refractivity (Wildman–Crippen MR) is 69.6 cm³/mol. The van der Waals surface area contributed by atoms with Crippen molar-refractivity contribution in [2.75, 3.05) is 32.7 Å². The molecule has 1 aliphatic heterocycles. The van der Waals surface area contributed by atoms with E-state index in [9.17, 15) is 0 Å². The molecule has 17 heavy (non-hydrogen) atoms. The van der Waals surface area contributed by atoms with E-state index < -0.39 is 0 Å². The van der Waals surface area contributed by atoms with E-state index in [2.05, 4.69) is 23.2 Å². The highest BCUT2D eigenvalue weighted by molar-refractivity contribution is 5.01. The minimum absolute atomic E-state index is 0.368. The monoisotopic (exact) mass is 235 g/mol. The van der Waals surface area contributed by atoms with Crippen molar-refractivity contribution in [3.8, 4) is 6.07 Å². The van der Waals surface area contributed by atoms with Crippen molar-refractivity contribution >= 4 is 0 Å². The van der Waals surface area contributed by atoms with Crippen LogP contribution in [-0.2, 0) is 0 Å². The highest BCUT2D eigenvalue weighted by Crippen LogP contribution is 2.49. The molecule has 0 bridgehead atoms. The molecule has 1 unspecified atom stereocenters. The van der Waals surface area contributed by atoms with Gasteiger partial charge in [-0.3, -0.25) is 0 Å². The number of rotatable bonds is 6. The van der Waals surface area contributed by atoms with Crippen LogP contribution in [0.5, 0.6) is 0 Å². The minimum atomic E-state index is 0.368. The van der Waals surface area contributed by atoms with Crippen molar-refractivity contribution < 1.29 is 0 Å². The molecule has 0 aromatic rings. The van der Waals surface area contributed by atoms with Crippen LogP contribution in [0.25, 0.3) is 0 Å².